The quantitative estimate of drug-likeness (QED) is 0.726. The van der Waals surface area contributed by atoms with Crippen LogP contribution in [0.15, 0.2) is 41.2 Å². The molecule has 0 spiro atoms. The molecule has 3 heteroatoms. The number of aliphatic imine (C=N–C) groups is 1. The lowest BCUT2D eigenvalue weighted by molar-refractivity contribution is 1.20. The van der Waals surface area contributed by atoms with E-state index in [2.05, 4.69) is 16.4 Å². The molecular weight excluding hydrogens is 174 g/mol. The van der Waals surface area contributed by atoms with Gasteiger partial charge in [0.2, 0.25) is 0 Å². The minimum atomic E-state index is 0.353. The summed E-state index contributed by atoms with van der Waals surface area (Å²) in [6, 6.07) is 9.96. The van der Waals surface area contributed by atoms with Gasteiger partial charge < -0.3 is 5.32 Å². The number of anilines is 1. The molecule has 3 nitrogen and oxygen atoms in total. The third-order valence-corrected chi connectivity index (χ3v) is 1.97. The number of hydrogen-bond donors (Lipinski definition) is 1. The van der Waals surface area contributed by atoms with Crippen molar-refractivity contribution >= 4 is 11.9 Å². The third-order valence-electron chi connectivity index (χ3n) is 1.97. The lowest BCUT2D eigenvalue weighted by Crippen LogP contribution is -1.99. The van der Waals surface area contributed by atoms with Crippen molar-refractivity contribution in [2.75, 3.05) is 5.32 Å². The standard InChI is InChI=1S/C11H9N3/c12-6-5-10-8-13-7-9-3-1-2-4-11(9)14-10/h1-4,7-8,14H,5H2. The Kier molecular flexibility index (Phi) is 2.28. The Morgan fingerprint density at radius 1 is 1.36 bits per heavy atom. The number of fused-ring (bicyclic) bond motifs is 1. The SMILES string of the molecule is N#CCC1=CN=Cc2ccccc2N1. The van der Waals surface area contributed by atoms with Crippen molar-refractivity contribution in [3.05, 3.63) is 41.7 Å². The van der Waals surface area contributed by atoms with Gasteiger partial charge in [-0.25, -0.2) is 0 Å². The first-order valence-corrected chi connectivity index (χ1v) is 4.35. The Balaban J connectivity index is 2.34. The monoisotopic (exact) mass is 183 g/mol. The predicted octanol–water partition coefficient (Wildman–Crippen LogP) is 2.29. The van der Waals surface area contributed by atoms with Crippen molar-refractivity contribution in [3.8, 4) is 6.07 Å². The fourth-order valence-electron chi connectivity index (χ4n) is 1.31. The molecule has 0 unspecified atom stereocenters. The number of para-hydroxylation sites is 1. The average molecular weight is 183 g/mol. The Bertz CT molecular complexity index is 438. The van der Waals surface area contributed by atoms with Crippen LogP contribution in [-0.2, 0) is 0 Å². The molecule has 0 radical (unpaired) electrons. The molecule has 0 atom stereocenters. The van der Waals surface area contributed by atoms with Crippen molar-refractivity contribution in [3.63, 3.8) is 0 Å². The molecule has 1 aliphatic heterocycles. The fraction of sp³-hybridized carbons (Fsp3) is 0.0909. The van der Waals surface area contributed by atoms with Crippen molar-refractivity contribution in [1.29, 1.82) is 5.26 Å². The van der Waals surface area contributed by atoms with Gasteiger partial charge >= 0.3 is 0 Å². The number of benzene rings is 1. The highest BCUT2D eigenvalue weighted by Gasteiger charge is 2.04. The largest absolute Gasteiger partial charge is 0.356 e. The molecule has 0 bridgehead atoms. The van der Waals surface area contributed by atoms with E-state index in [9.17, 15) is 0 Å². The van der Waals surface area contributed by atoms with Gasteiger partial charge in [0.1, 0.15) is 0 Å². The van der Waals surface area contributed by atoms with E-state index in [1.807, 2.05) is 24.3 Å². The maximum atomic E-state index is 8.58. The van der Waals surface area contributed by atoms with E-state index in [-0.39, 0.29) is 0 Å². The van der Waals surface area contributed by atoms with E-state index in [1.165, 1.54) is 0 Å². The number of hydrogen-bond acceptors (Lipinski definition) is 3. The zero-order valence-corrected chi connectivity index (χ0v) is 7.57. The molecule has 0 saturated carbocycles. The molecular formula is C11H9N3. The van der Waals surface area contributed by atoms with Crippen molar-refractivity contribution in [2.45, 2.75) is 6.42 Å². The van der Waals surface area contributed by atoms with Gasteiger partial charge in [-0.2, -0.15) is 5.26 Å². The number of nitriles is 1. The number of nitrogens with one attached hydrogen (secondary N) is 1. The molecule has 1 aromatic carbocycles. The molecule has 1 N–H and O–H groups in total. The summed E-state index contributed by atoms with van der Waals surface area (Å²) >= 11 is 0. The van der Waals surface area contributed by atoms with Gasteiger partial charge in [-0.3, -0.25) is 4.99 Å². The molecule has 68 valence electrons. The second-order valence-corrected chi connectivity index (χ2v) is 2.98. The first kappa shape index (κ1) is 8.52. The summed E-state index contributed by atoms with van der Waals surface area (Å²) in [5, 5.41) is 11.7. The van der Waals surface area contributed by atoms with Crippen molar-refractivity contribution in [2.24, 2.45) is 4.99 Å². The Labute approximate surface area is 82.4 Å². The molecule has 1 aliphatic rings. The van der Waals surface area contributed by atoms with E-state index in [4.69, 9.17) is 5.26 Å². The van der Waals surface area contributed by atoms with Crippen LogP contribution >= 0.6 is 0 Å². The van der Waals surface area contributed by atoms with E-state index in [1.54, 1.807) is 12.4 Å². The molecule has 1 heterocycles. The molecule has 0 saturated heterocycles. The minimum Gasteiger partial charge on any atom is -0.356 e. The van der Waals surface area contributed by atoms with Gasteiger partial charge in [0.25, 0.3) is 0 Å². The summed E-state index contributed by atoms with van der Waals surface area (Å²) in [6.07, 6.45) is 3.82. The minimum absolute atomic E-state index is 0.353. The summed E-state index contributed by atoms with van der Waals surface area (Å²) in [5.74, 6) is 0. The second kappa shape index (κ2) is 3.75. The van der Waals surface area contributed by atoms with Crippen LogP contribution in [0.3, 0.4) is 0 Å². The maximum absolute atomic E-state index is 8.58. The highest BCUT2D eigenvalue weighted by atomic mass is 14.9. The average Bonchev–Trinajstić information content (AvgIpc) is 2.40. The lowest BCUT2D eigenvalue weighted by Gasteiger charge is -2.07. The van der Waals surface area contributed by atoms with Crippen LogP contribution < -0.4 is 5.32 Å². The molecule has 0 fully saturated rings. The van der Waals surface area contributed by atoms with E-state index in [0.29, 0.717) is 6.42 Å². The van der Waals surface area contributed by atoms with Crippen LogP contribution in [0.4, 0.5) is 5.69 Å². The third kappa shape index (κ3) is 1.64. The normalized spacial score (nSPS) is 13.2. The van der Waals surface area contributed by atoms with Crippen LogP contribution in [0.25, 0.3) is 0 Å². The smallest absolute Gasteiger partial charge is 0.0768 e. The van der Waals surface area contributed by atoms with E-state index in [0.717, 1.165) is 16.9 Å². The van der Waals surface area contributed by atoms with Crippen LogP contribution in [-0.4, -0.2) is 6.21 Å². The molecule has 1 aromatic rings. The Morgan fingerprint density at radius 3 is 3.07 bits per heavy atom. The number of rotatable bonds is 1. The van der Waals surface area contributed by atoms with Gasteiger partial charge in [0, 0.05) is 29.4 Å². The van der Waals surface area contributed by atoms with Gasteiger partial charge in [0.15, 0.2) is 0 Å². The van der Waals surface area contributed by atoms with Gasteiger partial charge in [0.05, 0.1) is 12.5 Å². The van der Waals surface area contributed by atoms with Crippen molar-refractivity contribution < 1.29 is 0 Å². The first-order chi connectivity index (χ1) is 6.90. The van der Waals surface area contributed by atoms with Crippen LogP contribution in [0.5, 0.6) is 0 Å². The lowest BCUT2D eigenvalue weighted by atomic mass is 10.2. The summed E-state index contributed by atoms with van der Waals surface area (Å²) in [6.45, 7) is 0. The Morgan fingerprint density at radius 2 is 2.21 bits per heavy atom. The summed E-state index contributed by atoms with van der Waals surface area (Å²) in [5.41, 5.74) is 2.86. The number of allylic oxidation sites excluding steroid dienone is 1. The van der Waals surface area contributed by atoms with Gasteiger partial charge in [-0.1, -0.05) is 18.2 Å². The fourth-order valence-corrected chi connectivity index (χ4v) is 1.31. The first-order valence-electron chi connectivity index (χ1n) is 4.35. The summed E-state index contributed by atoms with van der Waals surface area (Å²) < 4.78 is 0. The topological polar surface area (TPSA) is 48.2 Å². The van der Waals surface area contributed by atoms with Gasteiger partial charge in [-0.15, -0.1) is 0 Å². The maximum Gasteiger partial charge on any atom is 0.0768 e. The van der Waals surface area contributed by atoms with E-state index >= 15 is 0 Å². The Hall–Kier alpha value is -2.08. The summed E-state index contributed by atoms with van der Waals surface area (Å²) in [7, 11) is 0. The molecule has 0 aliphatic carbocycles. The van der Waals surface area contributed by atoms with Gasteiger partial charge in [-0.05, 0) is 6.07 Å². The van der Waals surface area contributed by atoms with E-state index < -0.39 is 0 Å². The highest BCUT2D eigenvalue weighted by Crippen LogP contribution is 2.18. The molecule has 0 aromatic heterocycles. The van der Waals surface area contributed by atoms with Crippen molar-refractivity contribution in [1.82, 2.24) is 0 Å². The van der Waals surface area contributed by atoms with Crippen LogP contribution in [0.2, 0.25) is 0 Å². The number of nitrogens with zero attached hydrogens (tertiary/aromatic N) is 2. The zero-order chi connectivity index (χ0) is 9.80. The van der Waals surface area contributed by atoms with Crippen LogP contribution in [0, 0.1) is 11.3 Å². The summed E-state index contributed by atoms with van der Waals surface area (Å²) in [4.78, 5) is 4.11. The zero-order valence-electron chi connectivity index (χ0n) is 7.57. The predicted molar refractivity (Wildman–Crippen MR) is 56.0 cm³/mol. The van der Waals surface area contributed by atoms with Crippen LogP contribution in [0.1, 0.15) is 12.0 Å². The highest BCUT2D eigenvalue weighted by molar-refractivity contribution is 5.89. The molecule has 0 amide bonds. The molecule has 2 rings (SSSR count). The second-order valence-electron chi connectivity index (χ2n) is 2.98. The molecule has 14 heavy (non-hydrogen) atoms.